The SMILES string of the molecule is CN1CCN2CC(N)CC2C1.Cl.Cl.Cl.O.O. The van der Waals surface area contributed by atoms with E-state index in [9.17, 15) is 0 Å². The van der Waals surface area contributed by atoms with Crippen LogP contribution in [0.1, 0.15) is 6.42 Å². The van der Waals surface area contributed by atoms with E-state index in [1.165, 1.54) is 26.1 Å². The number of nitrogens with zero attached hydrogens (tertiary/aromatic N) is 2. The third-order valence-corrected chi connectivity index (χ3v) is 2.85. The van der Waals surface area contributed by atoms with Gasteiger partial charge in [0.05, 0.1) is 0 Å². The number of likely N-dealkylation sites (N-methyl/N-ethyl adjacent to an activating group) is 1. The third-order valence-electron chi connectivity index (χ3n) is 2.85. The van der Waals surface area contributed by atoms with Crippen molar-refractivity contribution >= 4 is 37.2 Å². The molecule has 0 saturated carbocycles. The molecule has 2 fully saturated rings. The Kier molecular flexibility index (Phi) is 17.2. The van der Waals surface area contributed by atoms with Gasteiger partial charge in [0, 0.05) is 38.3 Å². The van der Waals surface area contributed by atoms with Crippen LogP contribution in [0.2, 0.25) is 0 Å². The van der Waals surface area contributed by atoms with Crippen molar-refractivity contribution < 1.29 is 11.0 Å². The molecular formula is C8H24Cl3N3O2. The molecule has 104 valence electrons. The average Bonchev–Trinajstić information content (AvgIpc) is 2.27. The van der Waals surface area contributed by atoms with E-state index in [1.807, 2.05) is 0 Å². The third kappa shape index (κ3) is 5.84. The molecule has 2 saturated heterocycles. The molecule has 0 aromatic heterocycles. The molecule has 0 bridgehead atoms. The molecule has 2 rings (SSSR count). The van der Waals surface area contributed by atoms with Crippen LogP contribution in [0.4, 0.5) is 0 Å². The molecule has 0 amide bonds. The summed E-state index contributed by atoms with van der Waals surface area (Å²) in [6.45, 7) is 4.77. The van der Waals surface area contributed by atoms with Gasteiger partial charge >= 0.3 is 0 Å². The highest BCUT2D eigenvalue weighted by Crippen LogP contribution is 2.19. The Balaban J connectivity index is -0.000000144. The summed E-state index contributed by atoms with van der Waals surface area (Å²) >= 11 is 0. The van der Waals surface area contributed by atoms with Crippen LogP contribution in [0.3, 0.4) is 0 Å². The lowest BCUT2D eigenvalue weighted by molar-refractivity contribution is 0.124. The number of halogens is 3. The van der Waals surface area contributed by atoms with Crippen LogP contribution in [0.25, 0.3) is 0 Å². The summed E-state index contributed by atoms with van der Waals surface area (Å²) in [6.07, 6.45) is 1.20. The van der Waals surface area contributed by atoms with Crippen LogP contribution in [-0.4, -0.2) is 66.1 Å². The molecule has 6 N–H and O–H groups in total. The van der Waals surface area contributed by atoms with E-state index in [4.69, 9.17) is 5.73 Å². The van der Waals surface area contributed by atoms with E-state index < -0.39 is 0 Å². The van der Waals surface area contributed by atoms with Crippen molar-refractivity contribution in [2.45, 2.75) is 18.5 Å². The number of nitrogens with two attached hydrogens (primary N) is 1. The average molecular weight is 301 g/mol. The molecule has 5 nitrogen and oxygen atoms in total. The number of fused-ring (bicyclic) bond motifs is 1. The standard InChI is InChI=1S/C8H17N3.3ClH.2H2O/c1-10-2-3-11-5-7(9)4-8(11)6-10;;;;;/h7-8H,2-6,9H2,1H3;3*1H;2*1H2. The Morgan fingerprint density at radius 3 is 2.12 bits per heavy atom. The Morgan fingerprint density at radius 1 is 1.00 bits per heavy atom. The van der Waals surface area contributed by atoms with Gasteiger partial charge < -0.3 is 21.6 Å². The van der Waals surface area contributed by atoms with Gasteiger partial charge in [0.1, 0.15) is 0 Å². The monoisotopic (exact) mass is 299 g/mol. The molecule has 2 atom stereocenters. The molecule has 8 heteroatoms. The zero-order chi connectivity index (χ0) is 7.84. The van der Waals surface area contributed by atoms with Crippen molar-refractivity contribution in [1.29, 1.82) is 0 Å². The van der Waals surface area contributed by atoms with E-state index in [2.05, 4.69) is 16.8 Å². The first-order valence-corrected chi connectivity index (χ1v) is 4.44. The minimum atomic E-state index is 0. The molecular weight excluding hydrogens is 276 g/mol. The van der Waals surface area contributed by atoms with Crippen LogP contribution in [0.5, 0.6) is 0 Å². The van der Waals surface area contributed by atoms with Crippen LogP contribution in [0.15, 0.2) is 0 Å². The Bertz CT molecular complexity index is 167. The predicted octanol–water partition coefficient (Wildman–Crippen LogP) is -1.05. The van der Waals surface area contributed by atoms with Gasteiger partial charge in [-0.2, -0.15) is 0 Å². The maximum atomic E-state index is 5.88. The predicted molar refractivity (Wildman–Crippen MR) is 74.4 cm³/mol. The van der Waals surface area contributed by atoms with Gasteiger partial charge in [-0.15, -0.1) is 37.2 Å². The molecule has 0 spiro atoms. The van der Waals surface area contributed by atoms with Gasteiger partial charge in [0.25, 0.3) is 0 Å². The first-order chi connectivity index (χ1) is 5.25. The van der Waals surface area contributed by atoms with Gasteiger partial charge in [-0.1, -0.05) is 0 Å². The molecule has 0 aromatic carbocycles. The van der Waals surface area contributed by atoms with Gasteiger partial charge in [-0.05, 0) is 13.5 Å². The summed E-state index contributed by atoms with van der Waals surface area (Å²) < 4.78 is 0. The second-order valence-corrected chi connectivity index (χ2v) is 3.91. The van der Waals surface area contributed by atoms with E-state index in [0.29, 0.717) is 6.04 Å². The summed E-state index contributed by atoms with van der Waals surface area (Å²) in [5, 5.41) is 0. The fraction of sp³-hybridized carbons (Fsp3) is 1.00. The first-order valence-electron chi connectivity index (χ1n) is 4.44. The fourth-order valence-corrected chi connectivity index (χ4v) is 2.24. The van der Waals surface area contributed by atoms with Gasteiger partial charge in [-0.25, -0.2) is 0 Å². The van der Waals surface area contributed by atoms with Crippen LogP contribution in [-0.2, 0) is 0 Å². The summed E-state index contributed by atoms with van der Waals surface area (Å²) in [5.41, 5.74) is 5.88. The summed E-state index contributed by atoms with van der Waals surface area (Å²) in [5.74, 6) is 0. The maximum Gasteiger partial charge on any atom is 0.0239 e. The van der Waals surface area contributed by atoms with Gasteiger partial charge in [-0.3, -0.25) is 4.90 Å². The first kappa shape index (κ1) is 25.5. The molecule has 2 aliphatic rings. The lowest BCUT2D eigenvalue weighted by Gasteiger charge is -2.35. The number of hydrogen-bond acceptors (Lipinski definition) is 3. The highest BCUT2D eigenvalue weighted by atomic mass is 35.5. The van der Waals surface area contributed by atoms with Crippen molar-refractivity contribution in [3.63, 3.8) is 0 Å². The highest BCUT2D eigenvalue weighted by Gasteiger charge is 2.33. The van der Waals surface area contributed by atoms with Crippen LogP contribution in [0, 0.1) is 0 Å². The zero-order valence-electron chi connectivity index (χ0n) is 9.39. The van der Waals surface area contributed by atoms with Crippen molar-refractivity contribution in [2.24, 2.45) is 5.73 Å². The van der Waals surface area contributed by atoms with Crippen molar-refractivity contribution in [1.82, 2.24) is 9.80 Å². The second kappa shape index (κ2) is 10.8. The fourth-order valence-electron chi connectivity index (χ4n) is 2.24. The topological polar surface area (TPSA) is 95.5 Å². The number of rotatable bonds is 0. The largest absolute Gasteiger partial charge is 0.412 e. The van der Waals surface area contributed by atoms with Crippen molar-refractivity contribution in [3.05, 3.63) is 0 Å². The number of hydrogen-bond donors (Lipinski definition) is 1. The quantitative estimate of drug-likeness (QED) is 0.618. The van der Waals surface area contributed by atoms with Gasteiger partial charge in [0.15, 0.2) is 0 Å². The Labute approximate surface area is 116 Å². The van der Waals surface area contributed by atoms with Crippen molar-refractivity contribution in [3.8, 4) is 0 Å². The highest BCUT2D eigenvalue weighted by molar-refractivity contribution is 5.86. The zero-order valence-corrected chi connectivity index (χ0v) is 11.8. The van der Waals surface area contributed by atoms with E-state index in [0.717, 1.165) is 12.6 Å². The smallest absolute Gasteiger partial charge is 0.0239 e. The normalized spacial score (nSPS) is 28.1. The molecule has 2 aliphatic heterocycles. The van der Waals surface area contributed by atoms with E-state index >= 15 is 0 Å². The lowest BCUT2D eigenvalue weighted by Crippen LogP contribution is -2.48. The molecule has 16 heavy (non-hydrogen) atoms. The second-order valence-electron chi connectivity index (χ2n) is 3.91. The van der Waals surface area contributed by atoms with Crippen molar-refractivity contribution in [2.75, 3.05) is 33.2 Å². The minimum Gasteiger partial charge on any atom is -0.412 e. The lowest BCUT2D eigenvalue weighted by atomic mass is 10.1. The van der Waals surface area contributed by atoms with Crippen LogP contribution < -0.4 is 5.73 Å². The molecule has 2 heterocycles. The molecule has 0 radical (unpaired) electrons. The Morgan fingerprint density at radius 2 is 1.56 bits per heavy atom. The molecule has 2 unspecified atom stereocenters. The number of piperazine rings is 1. The van der Waals surface area contributed by atoms with E-state index in [1.54, 1.807) is 0 Å². The molecule has 0 aliphatic carbocycles. The Hall–Kier alpha value is 0.670. The summed E-state index contributed by atoms with van der Waals surface area (Å²) in [7, 11) is 2.20. The molecule has 0 aromatic rings. The summed E-state index contributed by atoms with van der Waals surface area (Å²) in [6, 6.07) is 1.19. The summed E-state index contributed by atoms with van der Waals surface area (Å²) in [4.78, 5) is 4.93. The van der Waals surface area contributed by atoms with E-state index in [-0.39, 0.29) is 48.2 Å². The van der Waals surface area contributed by atoms with Crippen LogP contribution >= 0.6 is 37.2 Å². The maximum absolute atomic E-state index is 5.88. The van der Waals surface area contributed by atoms with Gasteiger partial charge in [0.2, 0.25) is 0 Å². The minimum absolute atomic E-state index is 0.